The van der Waals surface area contributed by atoms with Crippen LogP contribution in [-0.4, -0.2) is 79.4 Å². The van der Waals surface area contributed by atoms with Gasteiger partial charge >= 0.3 is 0 Å². The van der Waals surface area contributed by atoms with Crippen LogP contribution in [0.2, 0.25) is 10.0 Å². The molecule has 2 aromatic rings. The van der Waals surface area contributed by atoms with Crippen LogP contribution in [0.3, 0.4) is 0 Å². The molecule has 1 atom stereocenters. The summed E-state index contributed by atoms with van der Waals surface area (Å²) in [4.78, 5) is 21.1. The molecular formula is C20H23Cl2N3O4S. The second-order valence-electron chi connectivity index (χ2n) is 7.78. The number of carbonyl (C=O) groups is 1. The number of carbonyl (C=O) groups excluding carboxylic acids is 1. The highest BCUT2D eigenvalue weighted by molar-refractivity contribution is 7.91. The van der Waals surface area contributed by atoms with E-state index >= 15 is 0 Å². The molecule has 2 fully saturated rings. The molecule has 0 bridgehead atoms. The zero-order valence-electron chi connectivity index (χ0n) is 16.6. The van der Waals surface area contributed by atoms with E-state index in [4.69, 9.17) is 27.9 Å². The lowest BCUT2D eigenvalue weighted by molar-refractivity contribution is -0.135. The number of aromatic nitrogens is 1. The third-order valence-electron chi connectivity index (χ3n) is 5.71. The minimum atomic E-state index is -2.91. The Hall–Kier alpha value is -1.61. The number of hydrogen-bond donors (Lipinski definition) is 0. The number of fused-ring (bicyclic) bond motifs is 1. The van der Waals surface area contributed by atoms with E-state index < -0.39 is 9.84 Å². The quantitative estimate of drug-likeness (QED) is 0.681. The molecule has 2 saturated heterocycles. The van der Waals surface area contributed by atoms with Crippen molar-refractivity contribution < 1.29 is 17.9 Å². The fraction of sp³-hybridized carbons (Fsp3) is 0.500. The maximum absolute atomic E-state index is 12.7. The molecule has 4 rings (SSSR count). The molecule has 0 N–H and O–H groups in total. The van der Waals surface area contributed by atoms with Crippen LogP contribution >= 0.6 is 23.2 Å². The van der Waals surface area contributed by atoms with Gasteiger partial charge in [-0.3, -0.25) is 9.69 Å². The normalized spacial score (nSPS) is 21.8. The average molecular weight is 472 g/mol. The molecule has 0 saturated carbocycles. The fourth-order valence-corrected chi connectivity index (χ4v) is 6.38. The largest absolute Gasteiger partial charge is 0.480 e. The number of rotatable bonds is 4. The number of aryl methyl sites for hydroxylation is 1. The predicted octanol–water partition coefficient (Wildman–Crippen LogP) is 2.56. The van der Waals surface area contributed by atoms with Crippen molar-refractivity contribution in [3.05, 3.63) is 33.9 Å². The standard InChI is InChI=1S/C20H23Cl2N3O4S/c1-13-2-3-15-16(21)10-17(22)20(19(15)23-13)29-11-18(26)25-7-5-24(6-8-25)14-4-9-30(27,28)12-14/h2-3,10,14H,4-9,11-12H2,1H3. The van der Waals surface area contributed by atoms with E-state index in [2.05, 4.69) is 9.88 Å². The molecular weight excluding hydrogens is 449 g/mol. The molecule has 0 radical (unpaired) electrons. The van der Waals surface area contributed by atoms with Gasteiger partial charge < -0.3 is 9.64 Å². The van der Waals surface area contributed by atoms with Crippen LogP contribution in [0.15, 0.2) is 18.2 Å². The fourth-order valence-electron chi connectivity index (χ4n) is 4.05. The third-order valence-corrected chi connectivity index (χ3v) is 8.05. The second kappa shape index (κ2) is 8.49. The number of benzene rings is 1. The highest BCUT2D eigenvalue weighted by Gasteiger charge is 2.34. The van der Waals surface area contributed by atoms with Gasteiger partial charge in [0.1, 0.15) is 5.52 Å². The van der Waals surface area contributed by atoms with E-state index in [0.717, 1.165) is 5.69 Å². The minimum Gasteiger partial charge on any atom is -0.480 e. The lowest BCUT2D eigenvalue weighted by Crippen LogP contribution is -2.53. The molecule has 0 aliphatic carbocycles. The van der Waals surface area contributed by atoms with Crippen molar-refractivity contribution >= 4 is 49.8 Å². The van der Waals surface area contributed by atoms with Crippen molar-refractivity contribution in [3.63, 3.8) is 0 Å². The van der Waals surface area contributed by atoms with Crippen LogP contribution in [0.25, 0.3) is 10.9 Å². The summed E-state index contributed by atoms with van der Waals surface area (Å²) in [6.45, 7) is 4.13. The van der Waals surface area contributed by atoms with E-state index in [-0.39, 0.29) is 30.1 Å². The van der Waals surface area contributed by atoms with Gasteiger partial charge in [0.05, 0.1) is 21.6 Å². The van der Waals surface area contributed by atoms with Crippen LogP contribution in [0.1, 0.15) is 12.1 Å². The molecule has 1 unspecified atom stereocenters. The molecule has 1 amide bonds. The van der Waals surface area contributed by atoms with E-state index in [1.807, 2.05) is 19.1 Å². The van der Waals surface area contributed by atoms with Gasteiger partial charge in [0.15, 0.2) is 22.2 Å². The maximum atomic E-state index is 12.7. The molecule has 2 aliphatic rings. The summed E-state index contributed by atoms with van der Waals surface area (Å²) in [7, 11) is -2.91. The summed E-state index contributed by atoms with van der Waals surface area (Å²) in [5, 5.41) is 1.51. The Morgan fingerprint density at radius 3 is 2.60 bits per heavy atom. The minimum absolute atomic E-state index is 0.0667. The second-order valence-corrected chi connectivity index (χ2v) is 10.8. The van der Waals surface area contributed by atoms with Gasteiger partial charge in [0.25, 0.3) is 5.91 Å². The molecule has 1 aromatic heterocycles. The van der Waals surface area contributed by atoms with Gasteiger partial charge in [0, 0.05) is 43.3 Å². The van der Waals surface area contributed by atoms with Gasteiger partial charge in [-0.25, -0.2) is 13.4 Å². The van der Waals surface area contributed by atoms with Crippen LogP contribution < -0.4 is 4.74 Å². The van der Waals surface area contributed by atoms with Crippen molar-refractivity contribution in [2.45, 2.75) is 19.4 Å². The van der Waals surface area contributed by atoms with Crippen molar-refractivity contribution in [3.8, 4) is 5.75 Å². The summed E-state index contributed by atoms with van der Waals surface area (Å²) in [5.74, 6) is 0.690. The van der Waals surface area contributed by atoms with E-state index in [1.54, 1.807) is 11.0 Å². The van der Waals surface area contributed by atoms with Gasteiger partial charge in [-0.2, -0.15) is 0 Å². The lowest BCUT2D eigenvalue weighted by Gasteiger charge is -2.37. The Labute approximate surface area is 185 Å². The van der Waals surface area contributed by atoms with E-state index in [9.17, 15) is 13.2 Å². The maximum Gasteiger partial charge on any atom is 0.260 e. The van der Waals surface area contributed by atoms with Gasteiger partial charge in [0.2, 0.25) is 0 Å². The van der Waals surface area contributed by atoms with Crippen LogP contribution in [-0.2, 0) is 14.6 Å². The molecule has 2 aliphatic heterocycles. The molecule has 7 nitrogen and oxygen atoms in total. The first-order chi connectivity index (χ1) is 14.2. The third kappa shape index (κ3) is 4.51. The van der Waals surface area contributed by atoms with Gasteiger partial charge in [-0.1, -0.05) is 23.2 Å². The smallest absolute Gasteiger partial charge is 0.260 e. The zero-order valence-corrected chi connectivity index (χ0v) is 18.9. The van der Waals surface area contributed by atoms with E-state index in [0.29, 0.717) is 59.3 Å². The monoisotopic (exact) mass is 471 g/mol. The first-order valence-electron chi connectivity index (χ1n) is 9.84. The van der Waals surface area contributed by atoms with Crippen molar-refractivity contribution in [2.24, 2.45) is 0 Å². The zero-order chi connectivity index (χ0) is 21.5. The van der Waals surface area contributed by atoms with Gasteiger partial charge in [-0.05, 0) is 31.5 Å². The molecule has 3 heterocycles. The average Bonchev–Trinajstić information content (AvgIpc) is 3.07. The molecule has 1 aromatic carbocycles. The number of sulfone groups is 1. The first kappa shape index (κ1) is 21.6. The van der Waals surface area contributed by atoms with Crippen LogP contribution in [0.5, 0.6) is 5.75 Å². The number of piperazine rings is 1. The first-order valence-corrected chi connectivity index (χ1v) is 12.4. The molecule has 30 heavy (non-hydrogen) atoms. The molecule has 162 valence electrons. The van der Waals surface area contributed by atoms with Crippen molar-refractivity contribution in [2.75, 3.05) is 44.3 Å². The number of pyridine rings is 1. The number of nitrogens with zero attached hydrogens (tertiary/aromatic N) is 3. The molecule has 0 spiro atoms. The van der Waals surface area contributed by atoms with Crippen LogP contribution in [0, 0.1) is 6.92 Å². The number of halogens is 2. The molecule has 10 heteroatoms. The topological polar surface area (TPSA) is 79.8 Å². The van der Waals surface area contributed by atoms with Crippen molar-refractivity contribution in [1.29, 1.82) is 0 Å². The summed E-state index contributed by atoms with van der Waals surface area (Å²) < 4.78 is 29.2. The van der Waals surface area contributed by atoms with Crippen LogP contribution in [0.4, 0.5) is 0 Å². The van der Waals surface area contributed by atoms with Gasteiger partial charge in [-0.15, -0.1) is 0 Å². The Morgan fingerprint density at radius 1 is 1.20 bits per heavy atom. The number of amides is 1. The number of ether oxygens (including phenoxy) is 1. The Bertz CT molecular complexity index is 1090. The van der Waals surface area contributed by atoms with E-state index in [1.165, 1.54) is 0 Å². The lowest BCUT2D eigenvalue weighted by atomic mass is 10.2. The summed E-state index contributed by atoms with van der Waals surface area (Å²) in [6, 6.07) is 5.37. The number of hydrogen-bond acceptors (Lipinski definition) is 6. The Morgan fingerprint density at radius 2 is 1.93 bits per heavy atom. The highest BCUT2D eigenvalue weighted by atomic mass is 35.5. The highest BCUT2D eigenvalue weighted by Crippen LogP contribution is 2.37. The summed E-state index contributed by atoms with van der Waals surface area (Å²) in [6.07, 6.45) is 0.675. The van der Waals surface area contributed by atoms with Crippen molar-refractivity contribution in [1.82, 2.24) is 14.8 Å². The Balaban J connectivity index is 1.39. The SMILES string of the molecule is Cc1ccc2c(Cl)cc(Cl)c(OCC(=O)N3CCN(C4CCS(=O)(=O)C4)CC3)c2n1. The summed E-state index contributed by atoms with van der Waals surface area (Å²) >= 11 is 12.6. The predicted molar refractivity (Wildman–Crippen MR) is 117 cm³/mol. The Kier molecular flexibility index (Phi) is 6.12. The summed E-state index contributed by atoms with van der Waals surface area (Å²) in [5.41, 5.74) is 1.33.